The van der Waals surface area contributed by atoms with Crippen molar-refractivity contribution in [2.24, 2.45) is 0 Å². The van der Waals surface area contributed by atoms with Crippen molar-refractivity contribution in [1.29, 1.82) is 0 Å². The average molecular weight is 544 g/mol. The highest BCUT2D eigenvalue weighted by Crippen LogP contribution is 2.37. The van der Waals surface area contributed by atoms with Gasteiger partial charge in [0.05, 0.1) is 12.8 Å². The fraction of sp³-hybridized carbons (Fsp3) is 0.0690. The number of benzene rings is 3. The molecule has 2 heterocycles. The average Bonchev–Trinajstić information content (AvgIpc) is 3.50. The Balaban J connectivity index is 1.41. The summed E-state index contributed by atoms with van der Waals surface area (Å²) in [6, 6.07) is 24.6. The van der Waals surface area contributed by atoms with Crippen LogP contribution >= 0.6 is 23.4 Å². The number of carbonyl (C=O) groups is 3. The van der Waals surface area contributed by atoms with Crippen molar-refractivity contribution in [2.75, 3.05) is 10.6 Å². The van der Waals surface area contributed by atoms with Gasteiger partial charge in [-0.05, 0) is 73.7 Å². The molecule has 0 saturated carbocycles. The lowest BCUT2D eigenvalue weighted by atomic mass is 10.2. The molecule has 38 heavy (non-hydrogen) atoms. The van der Waals surface area contributed by atoms with Gasteiger partial charge in [0.1, 0.15) is 16.4 Å². The first-order chi connectivity index (χ1) is 18.4. The Hall–Kier alpha value is -4.27. The Labute approximate surface area is 228 Å². The fourth-order valence-corrected chi connectivity index (χ4v) is 4.93. The van der Waals surface area contributed by atoms with E-state index in [9.17, 15) is 14.4 Å². The van der Waals surface area contributed by atoms with Gasteiger partial charge in [-0.1, -0.05) is 47.1 Å². The van der Waals surface area contributed by atoms with Crippen LogP contribution in [-0.2, 0) is 16.1 Å². The summed E-state index contributed by atoms with van der Waals surface area (Å²) in [6.07, 6.45) is 1.50. The summed E-state index contributed by atoms with van der Waals surface area (Å²) in [5.41, 5.74) is 2.96. The summed E-state index contributed by atoms with van der Waals surface area (Å²) in [5, 5.41) is 6.53. The molecule has 0 bridgehead atoms. The lowest BCUT2D eigenvalue weighted by Gasteiger charge is -2.13. The summed E-state index contributed by atoms with van der Waals surface area (Å²) >= 11 is 7.07. The van der Waals surface area contributed by atoms with Gasteiger partial charge < -0.3 is 15.1 Å². The van der Waals surface area contributed by atoms with Gasteiger partial charge in [-0.15, -0.1) is 0 Å². The first-order valence-electron chi connectivity index (χ1n) is 11.7. The molecule has 7 nitrogen and oxygen atoms in total. The number of thioether (sulfide) groups is 1. The highest BCUT2D eigenvalue weighted by atomic mass is 35.5. The molecule has 5 rings (SSSR count). The van der Waals surface area contributed by atoms with Crippen molar-refractivity contribution in [1.82, 2.24) is 4.90 Å². The van der Waals surface area contributed by atoms with Crippen molar-refractivity contribution in [3.63, 3.8) is 0 Å². The van der Waals surface area contributed by atoms with Crippen molar-refractivity contribution in [3.8, 4) is 0 Å². The second kappa shape index (κ2) is 11.0. The van der Waals surface area contributed by atoms with Gasteiger partial charge in [-0.2, -0.15) is 0 Å². The Bertz CT molecular complexity index is 1530. The van der Waals surface area contributed by atoms with Crippen LogP contribution in [0, 0.1) is 6.92 Å². The summed E-state index contributed by atoms with van der Waals surface area (Å²) in [7, 11) is 0. The molecular formula is C29H22ClN3O4S. The molecular weight excluding hydrogens is 522 g/mol. The van der Waals surface area contributed by atoms with Crippen LogP contribution in [0.2, 0.25) is 5.02 Å². The van der Waals surface area contributed by atoms with E-state index >= 15 is 0 Å². The summed E-state index contributed by atoms with van der Waals surface area (Å²) in [4.78, 5) is 41.6. The zero-order valence-corrected chi connectivity index (χ0v) is 21.8. The predicted molar refractivity (Wildman–Crippen MR) is 148 cm³/mol. The van der Waals surface area contributed by atoms with E-state index in [1.807, 2.05) is 37.3 Å². The van der Waals surface area contributed by atoms with Gasteiger partial charge >= 0.3 is 0 Å². The van der Waals surface area contributed by atoms with Crippen molar-refractivity contribution in [3.05, 3.63) is 124 Å². The van der Waals surface area contributed by atoms with Crippen LogP contribution in [0.5, 0.6) is 0 Å². The van der Waals surface area contributed by atoms with E-state index in [1.54, 1.807) is 54.6 Å². The topological polar surface area (TPSA) is 91.7 Å². The van der Waals surface area contributed by atoms with E-state index in [1.165, 1.54) is 6.26 Å². The molecule has 0 saturated heterocycles. The second-order valence-electron chi connectivity index (χ2n) is 8.56. The molecule has 1 aliphatic heterocycles. The maximum absolute atomic E-state index is 13.4. The SMILES string of the molecule is Cc1ccc(NC2=C(Sc3cccc(NC(=O)c4ccc(Cl)cc4)c3)C(=O)N(Cc3ccco3)C2=O)cc1. The van der Waals surface area contributed by atoms with Crippen LogP contribution < -0.4 is 10.6 Å². The minimum Gasteiger partial charge on any atom is -0.467 e. The second-order valence-corrected chi connectivity index (χ2v) is 10.1. The molecule has 9 heteroatoms. The van der Waals surface area contributed by atoms with Crippen LogP contribution in [0.1, 0.15) is 21.7 Å². The molecule has 0 unspecified atom stereocenters. The van der Waals surface area contributed by atoms with Crippen LogP contribution in [0.15, 0.2) is 111 Å². The number of rotatable bonds is 8. The Morgan fingerprint density at radius 2 is 1.68 bits per heavy atom. The minimum absolute atomic E-state index is 0.0188. The molecule has 0 fully saturated rings. The Morgan fingerprint density at radius 3 is 2.39 bits per heavy atom. The third-order valence-corrected chi connectivity index (χ3v) is 7.08. The quantitative estimate of drug-likeness (QED) is 0.247. The molecule has 1 aromatic heterocycles. The third-order valence-electron chi connectivity index (χ3n) is 5.76. The predicted octanol–water partition coefficient (Wildman–Crippen LogP) is 6.48. The highest BCUT2D eigenvalue weighted by Gasteiger charge is 2.39. The van der Waals surface area contributed by atoms with Crippen molar-refractivity contribution < 1.29 is 18.8 Å². The number of hydrogen-bond acceptors (Lipinski definition) is 6. The fourth-order valence-electron chi connectivity index (χ4n) is 3.80. The number of furan rings is 1. The molecule has 0 spiro atoms. The molecule has 0 aliphatic carbocycles. The molecule has 0 radical (unpaired) electrons. The molecule has 1 aliphatic rings. The number of carbonyl (C=O) groups excluding carboxylic acids is 3. The molecule has 0 atom stereocenters. The van der Waals surface area contributed by atoms with Crippen LogP contribution in [0.25, 0.3) is 0 Å². The lowest BCUT2D eigenvalue weighted by Crippen LogP contribution is -2.31. The number of nitrogens with zero attached hydrogens (tertiary/aromatic N) is 1. The number of anilines is 2. The molecule has 3 aromatic carbocycles. The third kappa shape index (κ3) is 5.66. The number of imide groups is 1. The summed E-state index contributed by atoms with van der Waals surface area (Å²) < 4.78 is 5.37. The standard InChI is InChI=1S/C29H22ClN3O4S/c1-18-7-13-21(14-8-18)31-25-26(29(36)33(28(25)35)17-23-5-3-15-37-23)38-24-6-2-4-22(16-24)32-27(34)19-9-11-20(30)12-10-19/h2-16,31H,17H2,1H3,(H,32,34). The van der Waals surface area contributed by atoms with Crippen LogP contribution in [0.4, 0.5) is 11.4 Å². The van der Waals surface area contributed by atoms with Crippen LogP contribution in [0.3, 0.4) is 0 Å². The van der Waals surface area contributed by atoms with Gasteiger partial charge in [0, 0.05) is 26.9 Å². The first-order valence-corrected chi connectivity index (χ1v) is 12.9. The van der Waals surface area contributed by atoms with Crippen LogP contribution in [-0.4, -0.2) is 22.6 Å². The molecule has 3 amide bonds. The van der Waals surface area contributed by atoms with E-state index in [0.29, 0.717) is 32.6 Å². The zero-order valence-electron chi connectivity index (χ0n) is 20.2. The largest absolute Gasteiger partial charge is 0.467 e. The van der Waals surface area contributed by atoms with Gasteiger partial charge in [0.2, 0.25) is 0 Å². The lowest BCUT2D eigenvalue weighted by molar-refractivity contribution is -0.138. The minimum atomic E-state index is -0.443. The molecule has 2 N–H and O–H groups in total. The highest BCUT2D eigenvalue weighted by molar-refractivity contribution is 8.04. The number of amides is 3. The maximum Gasteiger partial charge on any atom is 0.278 e. The number of nitrogens with one attached hydrogen (secondary N) is 2. The number of hydrogen-bond donors (Lipinski definition) is 2. The normalized spacial score (nSPS) is 13.3. The van der Waals surface area contributed by atoms with E-state index < -0.39 is 11.8 Å². The van der Waals surface area contributed by atoms with Crippen molar-refractivity contribution >= 4 is 52.5 Å². The monoisotopic (exact) mass is 543 g/mol. The van der Waals surface area contributed by atoms with Gasteiger partial charge in [0.15, 0.2) is 0 Å². The Morgan fingerprint density at radius 1 is 0.921 bits per heavy atom. The maximum atomic E-state index is 13.4. The zero-order chi connectivity index (χ0) is 26.6. The van der Waals surface area contributed by atoms with E-state index in [-0.39, 0.29) is 23.1 Å². The van der Waals surface area contributed by atoms with Gasteiger partial charge in [-0.25, -0.2) is 0 Å². The van der Waals surface area contributed by atoms with Gasteiger partial charge in [-0.3, -0.25) is 19.3 Å². The van der Waals surface area contributed by atoms with E-state index in [2.05, 4.69) is 10.6 Å². The van der Waals surface area contributed by atoms with E-state index in [0.717, 1.165) is 22.2 Å². The van der Waals surface area contributed by atoms with Crippen molar-refractivity contribution in [2.45, 2.75) is 18.4 Å². The number of aryl methyl sites for hydroxylation is 1. The van der Waals surface area contributed by atoms with Gasteiger partial charge in [0.25, 0.3) is 17.7 Å². The summed E-state index contributed by atoms with van der Waals surface area (Å²) in [5.74, 6) is -0.663. The molecule has 4 aromatic rings. The first kappa shape index (κ1) is 25.4. The Kier molecular flexibility index (Phi) is 7.35. The van der Waals surface area contributed by atoms with E-state index in [4.69, 9.17) is 16.0 Å². The number of halogens is 1. The molecule has 190 valence electrons. The smallest absolute Gasteiger partial charge is 0.278 e. The summed E-state index contributed by atoms with van der Waals surface area (Å²) in [6.45, 7) is 1.99.